The summed E-state index contributed by atoms with van der Waals surface area (Å²) in [6.45, 7) is 4.39. The molecule has 0 unspecified atom stereocenters. The van der Waals surface area contributed by atoms with E-state index >= 15 is 0 Å². The molecule has 0 aromatic heterocycles. The average molecular weight is 517 g/mol. The second-order valence-corrected chi connectivity index (χ2v) is 9.47. The van der Waals surface area contributed by atoms with Crippen molar-refractivity contribution in [3.8, 4) is 28.4 Å². The molecule has 1 aliphatic rings. The van der Waals surface area contributed by atoms with Crippen molar-refractivity contribution < 1.29 is 28.5 Å². The molecule has 0 N–H and O–H groups in total. The number of ether oxygens (including phenoxy) is 5. The van der Waals surface area contributed by atoms with E-state index in [1.54, 1.807) is 34.3 Å². The van der Waals surface area contributed by atoms with E-state index in [0.717, 1.165) is 12.0 Å². The molecule has 0 amide bonds. The normalized spacial score (nSPS) is 19.2. The van der Waals surface area contributed by atoms with Gasteiger partial charge in [-0.05, 0) is 60.6 Å². The number of methoxy groups -OCH3 is 3. The number of hydrogen-bond acceptors (Lipinski definition) is 6. The van der Waals surface area contributed by atoms with E-state index in [9.17, 15) is 4.79 Å². The summed E-state index contributed by atoms with van der Waals surface area (Å²) >= 11 is 0. The summed E-state index contributed by atoms with van der Waals surface area (Å²) in [6.07, 6.45) is 2.27. The first-order valence-corrected chi connectivity index (χ1v) is 12.8. The fourth-order valence-electron chi connectivity index (χ4n) is 4.93. The van der Waals surface area contributed by atoms with E-state index in [1.807, 2.05) is 37.3 Å². The molecule has 4 rings (SSSR count). The van der Waals surface area contributed by atoms with Crippen LogP contribution in [0, 0.1) is 11.8 Å². The van der Waals surface area contributed by atoms with E-state index in [4.69, 9.17) is 23.7 Å². The van der Waals surface area contributed by atoms with Gasteiger partial charge in [-0.3, -0.25) is 0 Å². The monoisotopic (exact) mass is 516 g/mol. The molecule has 6 nitrogen and oxygen atoms in total. The molecule has 1 fully saturated rings. The third-order valence-corrected chi connectivity index (χ3v) is 7.22. The Hall–Kier alpha value is -3.77. The molecule has 0 bridgehead atoms. The van der Waals surface area contributed by atoms with Gasteiger partial charge in [0.05, 0.1) is 40.6 Å². The molecule has 1 saturated heterocycles. The molecule has 1 heterocycles. The number of benzene rings is 3. The highest BCUT2D eigenvalue weighted by Crippen LogP contribution is 2.46. The number of allylic oxidation sites excluding steroid dienone is 1. The van der Waals surface area contributed by atoms with Crippen molar-refractivity contribution in [3.05, 3.63) is 89.5 Å². The molecule has 0 saturated carbocycles. The van der Waals surface area contributed by atoms with Gasteiger partial charge in [0.1, 0.15) is 0 Å². The summed E-state index contributed by atoms with van der Waals surface area (Å²) in [5.74, 6) is 1.44. The Morgan fingerprint density at radius 3 is 2.13 bits per heavy atom. The first-order chi connectivity index (χ1) is 18.5. The summed E-state index contributed by atoms with van der Waals surface area (Å²) < 4.78 is 28.8. The highest BCUT2D eigenvalue weighted by molar-refractivity contribution is 5.87. The fourth-order valence-corrected chi connectivity index (χ4v) is 4.93. The Morgan fingerprint density at radius 2 is 1.55 bits per heavy atom. The molecule has 1 aliphatic heterocycles. The Balaban J connectivity index is 1.60. The van der Waals surface area contributed by atoms with Gasteiger partial charge < -0.3 is 23.7 Å². The van der Waals surface area contributed by atoms with Crippen LogP contribution in [0.3, 0.4) is 0 Å². The van der Waals surface area contributed by atoms with Crippen molar-refractivity contribution >= 4 is 5.97 Å². The van der Waals surface area contributed by atoms with Crippen LogP contribution in [0.4, 0.5) is 0 Å². The minimum Gasteiger partial charge on any atom is -0.493 e. The van der Waals surface area contributed by atoms with Gasteiger partial charge in [-0.15, -0.1) is 0 Å². The second kappa shape index (κ2) is 12.7. The van der Waals surface area contributed by atoms with E-state index in [1.165, 1.54) is 16.7 Å². The largest absolute Gasteiger partial charge is 0.493 e. The van der Waals surface area contributed by atoms with Crippen LogP contribution in [0.2, 0.25) is 0 Å². The summed E-state index contributed by atoms with van der Waals surface area (Å²) in [4.78, 5) is 12.5. The maximum Gasteiger partial charge on any atom is 0.333 e. The van der Waals surface area contributed by atoms with Crippen LogP contribution in [-0.4, -0.2) is 40.5 Å². The topological polar surface area (TPSA) is 63.2 Å². The van der Waals surface area contributed by atoms with Crippen LogP contribution >= 0.6 is 0 Å². The lowest BCUT2D eigenvalue weighted by atomic mass is 9.84. The predicted octanol–water partition coefficient (Wildman–Crippen LogP) is 6.44. The van der Waals surface area contributed by atoms with Gasteiger partial charge in [-0.2, -0.15) is 0 Å². The second-order valence-electron chi connectivity index (χ2n) is 9.47. The highest BCUT2D eigenvalue weighted by atomic mass is 16.5. The van der Waals surface area contributed by atoms with Gasteiger partial charge in [0, 0.05) is 11.5 Å². The SMILES string of the molecule is C/C=C(/C)C(=O)OC[C@H]1[C@@H](Cc2ccc(-c3ccccc3)cc2)CO[C@@H]1c1cc(OC)c(OC)c(OC)c1. The first-order valence-electron chi connectivity index (χ1n) is 12.8. The highest BCUT2D eigenvalue weighted by Gasteiger charge is 2.40. The van der Waals surface area contributed by atoms with Gasteiger partial charge >= 0.3 is 5.97 Å². The zero-order valence-corrected chi connectivity index (χ0v) is 22.7. The molecule has 0 spiro atoms. The number of esters is 1. The van der Waals surface area contributed by atoms with Crippen LogP contribution < -0.4 is 14.2 Å². The van der Waals surface area contributed by atoms with Crippen LogP contribution in [0.5, 0.6) is 17.2 Å². The lowest BCUT2D eigenvalue weighted by molar-refractivity contribution is -0.141. The van der Waals surface area contributed by atoms with Gasteiger partial charge in [0.2, 0.25) is 5.75 Å². The minimum absolute atomic E-state index is 0.0554. The predicted molar refractivity (Wildman–Crippen MR) is 148 cm³/mol. The molecule has 3 aromatic carbocycles. The lowest BCUT2D eigenvalue weighted by Crippen LogP contribution is -2.24. The summed E-state index contributed by atoms with van der Waals surface area (Å²) in [6, 6.07) is 22.8. The van der Waals surface area contributed by atoms with Gasteiger partial charge in [-0.1, -0.05) is 60.7 Å². The molecule has 0 radical (unpaired) electrons. The van der Waals surface area contributed by atoms with Crippen LogP contribution in [0.15, 0.2) is 78.4 Å². The summed E-state index contributed by atoms with van der Waals surface area (Å²) in [5, 5.41) is 0. The Kier molecular flexibility index (Phi) is 9.08. The van der Waals surface area contributed by atoms with Crippen molar-refractivity contribution in [2.45, 2.75) is 26.4 Å². The Labute approximate surface area is 225 Å². The van der Waals surface area contributed by atoms with Crippen molar-refractivity contribution in [2.24, 2.45) is 11.8 Å². The standard InChI is InChI=1S/C32H36O6/c1-6-21(2)32(33)38-20-27-26(16-22-12-14-24(15-13-22)23-10-8-7-9-11-23)19-37-30(27)25-17-28(34-3)31(36-5)29(18-25)35-4/h6-15,17-18,26-27,30H,16,19-20H2,1-5H3/b21-6-/t26-,27-,30+/m0/s1. The average Bonchev–Trinajstić information content (AvgIpc) is 3.37. The summed E-state index contributed by atoms with van der Waals surface area (Å²) in [7, 11) is 4.77. The van der Waals surface area contributed by atoms with Crippen LogP contribution in [-0.2, 0) is 20.7 Å². The van der Waals surface area contributed by atoms with Crippen molar-refractivity contribution in [1.82, 2.24) is 0 Å². The third-order valence-electron chi connectivity index (χ3n) is 7.22. The smallest absolute Gasteiger partial charge is 0.333 e. The van der Waals surface area contributed by atoms with Crippen molar-refractivity contribution in [2.75, 3.05) is 34.5 Å². The molecular formula is C32H36O6. The van der Waals surface area contributed by atoms with E-state index < -0.39 is 0 Å². The Bertz CT molecular complexity index is 1220. The molecular weight excluding hydrogens is 480 g/mol. The molecule has 38 heavy (non-hydrogen) atoms. The molecule has 3 aromatic rings. The molecule has 200 valence electrons. The van der Waals surface area contributed by atoms with E-state index in [-0.39, 0.29) is 30.5 Å². The van der Waals surface area contributed by atoms with Gasteiger partial charge in [0.15, 0.2) is 11.5 Å². The summed E-state index contributed by atoms with van der Waals surface area (Å²) in [5.41, 5.74) is 5.06. The maximum atomic E-state index is 12.5. The zero-order chi connectivity index (χ0) is 27.1. The first kappa shape index (κ1) is 27.3. The van der Waals surface area contributed by atoms with E-state index in [2.05, 4.69) is 36.4 Å². The van der Waals surface area contributed by atoms with Gasteiger partial charge in [-0.25, -0.2) is 4.79 Å². The van der Waals surface area contributed by atoms with Gasteiger partial charge in [0.25, 0.3) is 0 Å². The van der Waals surface area contributed by atoms with Crippen molar-refractivity contribution in [1.29, 1.82) is 0 Å². The fraction of sp³-hybridized carbons (Fsp3) is 0.344. The minimum atomic E-state index is -0.311. The quantitative estimate of drug-likeness (QED) is 0.228. The van der Waals surface area contributed by atoms with E-state index in [0.29, 0.717) is 29.4 Å². The lowest BCUT2D eigenvalue weighted by Gasteiger charge is -2.24. The molecule has 6 heteroatoms. The number of carbonyl (C=O) groups excluding carboxylic acids is 1. The Morgan fingerprint density at radius 1 is 0.921 bits per heavy atom. The third kappa shape index (κ3) is 6.03. The number of rotatable bonds is 10. The molecule has 0 aliphatic carbocycles. The van der Waals surface area contributed by atoms with Crippen LogP contribution in [0.1, 0.15) is 31.1 Å². The number of hydrogen-bond donors (Lipinski definition) is 0. The maximum absolute atomic E-state index is 12.5. The van der Waals surface area contributed by atoms with Crippen molar-refractivity contribution in [3.63, 3.8) is 0 Å². The number of carbonyl (C=O) groups is 1. The van der Waals surface area contributed by atoms with Crippen LogP contribution in [0.25, 0.3) is 11.1 Å². The zero-order valence-electron chi connectivity index (χ0n) is 22.7. The molecule has 3 atom stereocenters.